The van der Waals surface area contributed by atoms with Gasteiger partial charge in [0, 0.05) is 57.2 Å². The Kier molecular flexibility index (Phi) is 5.50. The molecule has 1 aromatic heterocycles. The Morgan fingerprint density at radius 1 is 0.857 bits per heavy atom. The number of hydrogen-bond acceptors (Lipinski definition) is 5. The highest BCUT2D eigenvalue weighted by molar-refractivity contribution is 5.94. The summed E-state index contributed by atoms with van der Waals surface area (Å²) < 4.78 is 0. The zero-order chi connectivity index (χ0) is 19.3. The summed E-state index contributed by atoms with van der Waals surface area (Å²) >= 11 is 0. The molecule has 1 aromatic carbocycles. The monoisotopic (exact) mass is 379 g/mol. The second kappa shape index (κ2) is 8.37. The van der Waals surface area contributed by atoms with E-state index < -0.39 is 0 Å². The van der Waals surface area contributed by atoms with E-state index >= 15 is 0 Å². The first-order chi connectivity index (χ1) is 13.7. The van der Waals surface area contributed by atoms with Crippen molar-refractivity contribution in [3.63, 3.8) is 0 Å². The van der Waals surface area contributed by atoms with E-state index in [9.17, 15) is 9.59 Å². The third kappa shape index (κ3) is 3.98. The summed E-state index contributed by atoms with van der Waals surface area (Å²) in [7, 11) is 0. The fourth-order valence-corrected chi connectivity index (χ4v) is 3.97. The van der Waals surface area contributed by atoms with Crippen molar-refractivity contribution in [2.75, 3.05) is 44.2 Å². The average molecular weight is 379 g/mol. The number of nitrogens with zero attached hydrogens (tertiary/aromatic N) is 5. The Morgan fingerprint density at radius 2 is 1.54 bits per heavy atom. The maximum Gasteiger partial charge on any atom is 0.253 e. The highest BCUT2D eigenvalue weighted by Crippen LogP contribution is 2.22. The summed E-state index contributed by atoms with van der Waals surface area (Å²) in [6.07, 6.45) is 5.32. The number of amides is 2. The third-order valence-electron chi connectivity index (χ3n) is 5.50. The van der Waals surface area contributed by atoms with Crippen LogP contribution in [0, 0.1) is 5.92 Å². The predicted octanol–water partition coefficient (Wildman–Crippen LogP) is 1.68. The largest absolute Gasteiger partial charge is 0.340 e. The fraction of sp³-hybridized carbons (Fsp3) is 0.429. The molecule has 0 N–H and O–H groups in total. The number of anilines is 1. The summed E-state index contributed by atoms with van der Waals surface area (Å²) in [6, 6.07) is 11.1. The summed E-state index contributed by atoms with van der Waals surface area (Å²) in [5.41, 5.74) is 0.702. The van der Waals surface area contributed by atoms with Crippen LogP contribution in [-0.4, -0.2) is 70.9 Å². The van der Waals surface area contributed by atoms with E-state index in [4.69, 9.17) is 0 Å². The summed E-state index contributed by atoms with van der Waals surface area (Å²) in [4.78, 5) is 40.1. The molecular formula is C21H25N5O2. The summed E-state index contributed by atoms with van der Waals surface area (Å²) in [5, 5.41) is 0. The zero-order valence-corrected chi connectivity index (χ0v) is 15.9. The molecule has 2 aliphatic heterocycles. The lowest BCUT2D eigenvalue weighted by Crippen LogP contribution is -2.53. The van der Waals surface area contributed by atoms with Crippen LogP contribution in [0.4, 0.5) is 5.95 Å². The lowest BCUT2D eigenvalue weighted by molar-refractivity contribution is -0.137. The van der Waals surface area contributed by atoms with Crippen LogP contribution in [0.25, 0.3) is 0 Å². The number of piperazine rings is 1. The zero-order valence-electron chi connectivity index (χ0n) is 15.9. The fourth-order valence-electron chi connectivity index (χ4n) is 3.97. The standard InChI is InChI=1S/C21H25N5O2/c27-19(17-6-2-1-3-7-17)24-12-14-25(15-13-24)20(28)18-8-4-11-26(16-18)21-22-9-5-10-23-21/h1-3,5-7,9-10,18H,4,8,11-16H2. The number of carbonyl (C=O) groups is 2. The van der Waals surface area contributed by atoms with Gasteiger partial charge in [-0.05, 0) is 31.0 Å². The van der Waals surface area contributed by atoms with Crippen LogP contribution in [0.2, 0.25) is 0 Å². The first-order valence-electron chi connectivity index (χ1n) is 9.87. The Labute approximate surface area is 165 Å². The number of carbonyl (C=O) groups excluding carboxylic acids is 2. The van der Waals surface area contributed by atoms with E-state index in [1.807, 2.05) is 40.1 Å². The number of piperidine rings is 1. The maximum absolute atomic E-state index is 13.0. The molecule has 3 heterocycles. The molecule has 2 saturated heterocycles. The molecule has 2 aliphatic rings. The highest BCUT2D eigenvalue weighted by atomic mass is 16.2. The van der Waals surface area contributed by atoms with Gasteiger partial charge in [0.2, 0.25) is 11.9 Å². The van der Waals surface area contributed by atoms with Crippen molar-refractivity contribution in [1.29, 1.82) is 0 Å². The summed E-state index contributed by atoms with van der Waals surface area (Å²) in [6.45, 7) is 3.89. The van der Waals surface area contributed by atoms with Crippen molar-refractivity contribution < 1.29 is 9.59 Å². The van der Waals surface area contributed by atoms with Gasteiger partial charge in [-0.15, -0.1) is 0 Å². The van der Waals surface area contributed by atoms with Gasteiger partial charge in [0.05, 0.1) is 5.92 Å². The minimum atomic E-state index is -0.0334. The Balaban J connectivity index is 1.33. The number of benzene rings is 1. The van der Waals surface area contributed by atoms with E-state index in [1.165, 1.54) is 0 Å². The van der Waals surface area contributed by atoms with Crippen molar-refractivity contribution in [3.8, 4) is 0 Å². The third-order valence-corrected chi connectivity index (χ3v) is 5.50. The van der Waals surface area contributed by atoms with Gasteiger partial charge in [-0.25, -0.2) is 9.97 Å². The molecule has 0 spiro atoms. The van der Waals surface area contributed by atoms with Crippen molar-refractivity contribution in [1.82, 2.24) is 19.8 Å². The highest BCUT2D eigenvalue weighted by Gasteiger charge is 2.32. The predicted molar refractivity (Wildman–Crippen MR) is 106 cm³/mol. The minimum Gasteiger partial charge on any atom is -0.340 e. The lowest BCUT2D eigenvalue weighted by atomic mass is 9.96. The van der Waals surface area contributed by atoms with Crippen molar-refractivity contribution in [3.05, 3.63) is 54.4 Å². The van der Waals surface area contributed by atoms with Crippen molar-refractivity contribution in [2.45, 2.75) is 12.8 Å². The van der Waals surface area contributed by atoms with Gasteiger partial charge in [0.25, 0.3) is 5.91 Å². The van der Waals surface area contributed by atoms with Gasteiger partial charge in [0.1, 0.15) is 0 Å². The van der Waals surface area contributed by atoms with Gasteiger partial charge < -0.3 is 14.7 Å². The van der Waals surface area contributed by atoms with Crippen LogP contribution in [0.15, 0.2) is 48.8 Å². The van der Waals surface area contributed by atoms with Crippen LogP contribution >= 0.6 is 0 Å². The number of rotatable bonds is 3. The smallest absolute Gasteiger partial charge is 0.253 e. The molecule has 0 bridgehead atoms. The molecule has 1 atom stereocenters. The Morgan fingerprint density at radius 3 is 2.25 bits per heavy atom. The van der Waals surface area contributed by atoms with Crippen LogP contribution in [0.1, 0.15) is 23.2 Å². The first kappa shape index (κ1) is 18.4. The quantitative estimate of drug-likeness (QED) is 0.812. The topological polar surface area (TPSA) is 69.6 Å². The van der Waals surface area contributed by atoms with Gasteiger partial charge in [-0.3, -0.25) is 9.59 Å². The normalized spacial score (nSPS) is 20.1. The molecule has 2 amide bonds. The minimum absolute atomic E-state index is 0.0334. The molecule has 1 unspecified atom stereocenters. The molecule has 4 rings (SSSR count). The molecule has 0 radical (unpaired) electrons. The number of hydrogen-bond donors (Lipinski definition) is 0. The van der Waals surface area contributed by atoms with E-state index in [1.54, 1.807) is 18.5 Å². The molecule has 146 valence electrons. The van der Waals surface area contributed by atoms with Crippen molar-refractivity contribution in [2.24, 2.45) is 5.92 Å². The van der Waals surface area contributed by atoms with E-state index in [-0.39, 0.29) is 17.7 Å². The molecule has 0 aliphatic carbocycles. The van der Waals surface area contributed by atoms with E-state index in [0.29, 0.717) is 44.2 Å². The molecule has 2 aromatic rings. The molecule has 28 heavy (non-hydrogen) atoms. The molecule has 7 heteroatoms. The van der Waals surface area contributed by atoms with Crippen LogP contribution in [0.3, 0.4) is 0 Å². The molecule has 2 fully saturated rings. The first-order valence-corrected chi connectivity index (χ1v) is 9.87. The van der Waals surface area contributed by atoms with Gasteiger partial charge in [-0.1, -0.05) is 18.2 Å². The van der Waals surface area contributed by atoms with Gasteiger partial charge in [-0.2, -0.15) is 0 Å². The molecular weight excluding hydrogens is 354 g/mol. The van der Waals surface area contributed by atoms with Gasteiger partial charge in [0.15, 0.2) is 0 Å². The van der Waals surface area contributed by atoms with Crippen LogP contribution in [-0.2, 0) is 4.79 Å². The average Bonchev–Trinajstić information content (AvgIpc) is 2.79. The van der Waals surface area contributed by atoms with E-state index in [2.05, 4.69) is 14.9 Å². The SMILES string of the molecule is O=C(c1ccccc1)N1CCN(C(=O)C2CCCN(c3ncccn3)C2)CC1. The van der Waals surface area contributed by atoms with Crippen LogP contribution in [0.5, 0.6) is 0 Å². The Hall–Kier alpha value is -2.96. The summed E-state index contributed by atoms with van der Waals surface area (Å²) in [5.74, 6) is 0.886. The Bertz CT molecular complexity index is 806. The lowest BCUT2D eigenvalue weighted by Gasteiger charge is -2.39. The van der Waals surface area contributed by atoms with Gasteiger partial charge >= 0.3 is 0 Å². The molecule has 0 saturated carbocycles. The maximum atomic E-state index is 13.0. The second-order valence-electron chi connectivity index (χ2n) is 7.32. The molecule has 7 nitrogen and oxygen atoms in total. The van der Waals surface area contributed by atoms with Crippen molar-refractivity contribution >= 4 is 17.8 Å². The van der Waals surface area contributed by atoms with E-state index in [0.717, 1.165) is 19.4 Å². The van der Waals surface area contributed by atoms with Crippen LogP contribution < -0.4 is 4.90 Å². The second-order valence-corrected chi connectivity index (χ2v) is 7.32. The number of aromatic nitrogens is 2.